The molecule has 1 aliphatic heterocycles. The summed E-state index contributed by atoms with van der Waals surface area (Å²) in [4.78, 5) is 2.38. The summed E-state index contributed by atoms with van der Waals surface area (Å²) in [7, 11) is 0. The van der Waals surface area contributed by atoms with Crippen molar-refractivity contribution in [2.24, 2.45) is 11.1 Å². The first kappa shape index (κ1) is 16.9. The number of likely N-dealkylation sites (tertiary alicyclic amines) is 1. The van der Waals surface area contributed by atoms with Gasteiger partial charge < -0.3 is 5.73 Å². The standard InChI is InChI=1S/C15H22N6.ClH/c1-15(2)11-20(9-8-13(15)16)10-14-17-18-19-21(14)12-6-4-3-5-7-12;/h3-7,13H,8-11,16H2,1-2H3;1H. The molecule has 1 unspecified atom stereocenters. The molecule has 1 atom stereocenters. The van der Waals surface area contributed by atoms with Gasteiger partial charge in [-0.2, -0.15) is 4.68 Å². The first-order valence-electron chi connectivity index (χ1n) is 7.37. The maximum atomic E-state index is 6.20. The third-order valence-electron chi connectivity index (χ3n) is 4.29. The van der Waals surface area contributed by atoms with E-state index in [9.17, 15) is 0 Å². The van der Waals surface area contributed by atoms with Crippen LogP contribution in [0.25, 0.3) is 5.69 Å². The smallest absolute Gasteiger partial charge is 0.170 e. The maximum Gasteiger partial charge on any atom is 0.170 e. The number of nitrogens with zero attached hydrogens (tertiary/aromatic N) is 5. The van der Waals surface area contributed by atoms with Gasteiger partial charge in [-0.3, -0.25) is 4.90 Å². The summed E-state index contributed by atoms with van der Waals surface area (Å²) >= 11 is 0. The van der Waals surface area contributed by atoms with E-state index in [-0.39, 0.29) is 23.9 Å². The van der Waals surface area contributed by atoms with Crippen molar-refractivity contribution in [2.45, 2.75) is 32.9 Å². The molecule has 0 amide bonds. The summed E-state index contributed by atoms with van der Waals surface area (Å²) in [6.45, 7) is 7.16. The van der Waals surface area contributed by atoms with Gasteiger partial charge in [0.25, 0.3) is 0 Å². The van der Waals surface area contributed by atoms with Crippen molar-refractivity contribution in [1.29, 1.82) is 0 Å². The molecule has 2 aromatic rings. The van der Waals surface area contributed by atoms with Gasteiger partial charge in [0.15, 0.2) is 5.82 Å². The van der Waals surface area contributed by atoms with Crippen LogP contribution in [0, 0.1) is 5.41 Å². The fraction of sp³-hybridized carbons (Fsp3) is 0.533. The molecule has 6 nitrogen and oxygen atoms in total. The lowest BCUT2D eigenvalue weighted by molar-refractivity contribution is 0.0872. The van der Waals surface area contributed by atoms with Gasteiger partial charge in [0, 0.05) is 19.1 Å². The highest BCUT2D eigenvalue weighted by Crippen LogP contribution is 2.28. The number of tetrazole rings is 1. The molecule has 3 rings (SSSR count). The normalized spacial score (nSPS) is 21.3. The molecule has 2 heterocycles. The van der Waals surface area contributed by atoms with Crippen LogP contribution in [0.3, 0.4) is 0 Å². The minimum atomic E-state index is 0. The molecule has 0 bridgehead atoms. The van der Waals surface area contributed by atoms with Crippen LogP contribution >= 0.6 is 12.4 Å². The molecule has 1 fully saturated rings. The lowest BCUT2D eigenvalue weighted by Crippen LogP contribution is -2.52. The Balaban J connectivity index is 0.00000176. The Morgan fingerprint density at radius 2 is 2.00 bits per heavy atom. The summed E-state index contributed by atoms with van der Waals surface area (Å²) in [5.41, 5.74) is 7.32. The van der Waals surface area contributed by atoms with Crippen LogP contribution in [0.2, 0.25) is 0 Å². The maximum absolute atomic E-state index is 6.20. The predicted octanol–water partition coefficient (Wildman–Crippen LogP) is 1.64. The molecule has 1 aromatic heterocycles. The molecule has 1 aromatic carbocycles. The summed E-state index contributed by atoms with van der Waals surface area (Å²) in [6, 6.07) is 10.3. The summed E-state index contributed by atoms with van der Waals surface area (Å²) < 4.78 is 1.81. The van der Waals surface area contributed by atoms with Gasteiger partial charge in [0.2, 0.25) is 0 Å². The van der Waals surface area contributed by atoms with E-state index in [1.165, 1.54) is 0 Å². The van der Waals surface area contributed by atoms with Crippen LogP contribution in [0.15, 0.2) is 30.3 Å². The Hall–Kier alpha value is -1.50. The molecule has 0 spiro atoms. The minimum Gasteiger partial charge on any atom is -0.327 e. The van der Waals surface area contributed by atoms with E-state index in [2.05, 4.69) is 34.3 Å². The third-order valence-corrected chi connectivity index (χ3v) is 4.29. The molecule has 120 valence electrons. The second-order valence-corrected chi connectivity index (χ2v) is 6.44. The predicted molar refractivity (Wildman–Crippen MR) is 88.1 cm³/mol. The Kier molecular flexibility index (Phi) is 5.16. The number of halogens is 1. The van der Waals surface area contributed by atoms with Crippen molar-refractivity contribution in [3.63, 3.8) is 0 Å². The molecule has 0 radical (unpaired) electrons. The highest BCUT2D eigenvalue weighted by Gasteiger charge is 2.33. The first-order valence-corrected chi connectivity index (χ1v) is 7.37. The number of para-hydroxylation sites is 1. The van der Waals surface area contributed by atoms with Crippen LogP contribution in [0.4, 0.5) is 0 Å². The second kappa shape index (κ2) is 6.73. The lowest BCUT2D eigenvalue weighted by atomic mass is 9.80. The highest BCUT2D eigenvalue weighted by molar-refractivity contribution is 5.85. The summed E-state index contributed by atoms with van der Waals surface area (Å²) in [5, 5.41) is 12.1. The Morgan fingerprint density at radius 3 is 2.68 bits per heavy atom. The van der Waals surface area contributed by atoms with Crippen molar-refractivity contribution in [1.82, 2.24) is 25.1 Å². The van der Waals surface area contributed by atoms with E-state index in [1.807, 2.05) is 35.0 Å². The van der Waals surface area contributed by atoms with E-state index in [0.717, 1.165) is 37.6 Å². The number of rotatable bonds is 3. The summed E-state index contributed by atoms with van der Waals surface area (Å²) in [6.07, 6.45) is 1.01. The number of piperidine rings is 1. The number of aromatic nitrogens is 4. The number of nitrogens with two attached hydrogens (primary N) is 1. The van der Waals surface area contributed by atoms with E-state index >= 15 is 0 Å². The molecule has 0 aliphatic carbocycles. The zero-order valence-electron chi connectivity index (χ0n) is 13.0. The largest absolute Gasteiger partial charge is 0.327 e. The third kappa shape index (κ3) is 3.45. The van der Waals surface area contributed by atoms with Crippen molar-refractivity contribution < 1.29 is 0 Å². The average Bonchev–Trinajstić information content (AvgIpc) is 2.92. The van der Waals surface area contributed by atoms with Gasteiger partial charge >= 0.3 is 0 Å². The zero-order valence-corrected chi connectivity index (χ0v) is 13.8. The van der Waals surface area contributed by atoms with E-state index in [1.54, 1.807) is 0 Å². The van der Waals surface area contributed by atoms with Crippen molar-refractivity contribution in [3.05, 3.63) is 36.2 Å². The van der Waals surface area contributed by atoms with Crippen LogP contribution in [-0.4, -0.2) is 44.2 Å². The molecule has 1 saturated heterocycles. The summed E-state index contributed by atoms with van der Waals surface area (Å²) in [5.74, 6) is 0.868. The molecule has 0 saturated carbocycles. The van der Waals surface area contributed by atoms with E-state index in [0.29, 0.717) is 0 Å². The monoisotopic (exact) mass is 322 g/mol. The van der Waals surface area contributed by atoms with Gasteiger partial charge in [-0.1, -0.05) is 32.0 Å². The fourth-order valence-corrected chi connectivity index (χ4v) is 2.89. The SMILES string of the molecule is CC1(C)CN(Cc2nnnn2-c2ccccc2)CCC1N.Cl. The average molecular weight is 323 g/mol. The number of benzene rings is 1. The Morgan fingerprint density at radius 1 is 1.27 bits per heavy atom. The van der Waals surface area contributed by atoms with Crippen molar-refractivity contribution in [2.75, 3.05) is 13.1 Å². The van der Waals surface area contributed by atoms with Crippen molar-refractivity contribution in [3.8, 4) is 5.69 Å². The van der Waals surface area contributed by atoms with Crippen LogP contribution in [0.5, 0.6) is 0 Å². The van der Waals surface area contributed by atoms with Gasteiger partial charge in [0.1, 0.15) is 0 Å². The lowest BCUT2D eigenvalue weighted by Gasteiger charge is -2.42. The van der Waals surface area contributed by atoms with E-state index in [4.69, 9.17) is 5.73 Å². The Bertz CT molecular complexity index is 597. The zero-order chi connectivity index (χ0) is 14.9. The van der Waals surface area contributed by atoms with Gasteiger partial charge in [-0.15, -0.1) is 17.5 Å². The van der Waals surface area contributed by atoms with Crippen LogP contribution in [0.1, 0.15) is 26.1 Å². The number of hydrogen-bond acceptors (Lipinski definition) is 5. The molecule has 22 heavy (non-hydrogen) atoms. The van der Waals surface area contributed by atoms with Gasteiger partial charge in [-0.25, -0.2) is 0 Å². The topological polar surface area (TPSA) is 72.9 Å². The van der Waals surface area contributed by atoms with Gasteiger partial charge in [0.05, 0.1) is 12.2 Å². The molecular weight excluding hydrogens is 300 g/mol. The van der Waals surface area contributed by atoms with Crippen LogP contribution < -0.4 is 5.73 Å². The highest BCUT2D eigenvalue weighted by atomic mass is 35.5. The Labute approximate surface area is 137 Å². The van der Waals surface area contributed by atoms with Gasteiger partial charge in [-0.05, 0) is 34.4 Å². The molecular formula is C15H23ClN6. The number of hydrogen-bond donors (Lipinski definition) is 1. The fourth-order valence-electron chi connectivity index (χ4n) is 2.89. The molecule has 2 N–H and O–H groups in total. The minimum absolute atomic E-state index is 0. The second-order valence-electron chi connectivity index (χ2n) is 6.44. The van der Waals surface area contributed by atoms with Crippen molar-refractivity contribution >= 4 is 12.4 Å². The quantitative estimate of drug-likeness (QED) is 0.930. The molecule has 7 heteroatoms. The first-order chi connectivity index (χ1) is 10.1. The van der Waals surface area contributed by atoms with Crippen LogP contribution in [-0.2, 0) is 6.54 Å². The molecule has 1 aliphatic rings. The van der Waals surface area contributed by atoms with E-state index < -0.39 is 0 Å².